The molecule has 1 fully saturated rings. The highest BCUT2D eigenvalue weighted by Crippen LogP contribution is 2.11. The van der Waals surface area contributed by atoms with Crippen molar-refractivity contribution < 1.29 is 13.2 Å². The molecule has 0 bridgehead atoms. The van der Waals surface area contributed by atoms with Crippen molar-refractivity contribution in [3.05, 3.63) is 0 Å². The maximum Gasteiger partial charge on any atom is 0.274 e. The Balaban J connectivity index is 2.22. The maximum absolute atomic E-state index is 10.5. The molecule has 1 unspecified atom stereocenters. The van der Waals surface area contributed by atoms with Gasteiger partial charge in [-0.2, -0.15) is 8.42 Å². The normalized spacial score (nSPS) is 25.6. The van der Waals surface area contributed by atoms with E-state index in [-0.39, 0.29) is 5.92 Å². The molecule has 3 N–H and O–H groups in total. The van der Waals surface area contributed by atoms with Crippen molar-refractivity contribution in [2.45, 2.75) is 12.8 Å². The summed E-state index contributed by atoms with van der Waals surface area (Å²) in [5.41, 5.74) is 0. The largest absolute Gasteiger partial charge is 0.381 e. The van der Waals surface area contributed by atoms with Crippen LogP contribution in [0.1, 0.15) is 12.8 Å². The topological polar surface area (TPSA) is 81.4 Å². The van der Waals surface area contributed by atoms with Crippen molar-refractivity contribution in [3.63, 3.8) is 0 Å². The van der Waals surface area contributed by atoms with E-state index >= 15 is 0 Å². The van der Waals surface area contributed by atoms with E-state index in [2.05, 4.69) is 4.72 Å². The smallest absolute Gasteiger partial charge is 0.274 e. The zero-order chi connectivity index (χ0) is 9.03. The highest BCUT2D eigenvalue weighted by atomic mass is 32.2. The average molecular weight is 194 g/mol. The molecule has 1 heterocycles. The molecule has 5 nitrogen and oxygen atoms in total. The predicted molar refractivity (Wildman–Crippen MR) is 44.7 cm³/mol. The lowest BCUT2D eigenvalue weighted by molar-refractivity contribution is 0.0568. The van der Waals surface area contributed by atoms with Crippen molar-refractivity contribution in [1.29, 1.82) is 0 Å². The van der Waals surface area contributed by atoms with Crippen LogP contribution in [0.5, 0.6) is 0 Å². The quantitative estimate of drug-likeness (QED) is 0.617. The van der Waals surface area contributed by atoms with Gasteiger partial charge in [-0.3, -0.25) is 0 Å². The second-order valence-electron chi connectivity index (χ2n) is 2.98. The molecular weight excluding hydrogens is 180 g/mol. The standard InChI is InChI=1S/C6H14N2O3S/c7-12(9,10)8-4-6-2-1-3-11-5-6/h6,8H,1-5H2,(H2,7,9,10). The van der Waals surface area contributed by atoms with E-state index in [1.807, 2.05) is 0 Å². The molecule has 0 aromatic rings. The van der Waals surface area contributed by atoms with E-state index in [9.17, 15) is 8.42 Å². The first kappa shape index (κ1) is 9.91. The molecule has 12 heavy (non-hydrogen) atoms. The van der Waals surface area contributed by atoms with Gasteiger partial charge in [-0.05, 0) is 18.8 Å². The van der Waals surface area contributed by atoms with Crippen LogP contribution >= 0.6 is 0 Å². The minimum Gasteiger partial charge on any atom is -0.381 e. The number of nitrogens with two attached hydrogens (primary N) is 1. The summed E-state index contributed by atoms with van der Waals surface area (Å²) in [7, 11) is -3.53. The Morgan fingerprint density at radius 2 is 2.33 bits per heavy atom. The predicted octanol–water partition coefficient (Wildman–Crippen LogP) is -0.794. The van der Waals surface area contributed by atoms with Crippen LogP contribution in [0.4, 0.5) is 0 Å². The van der Waals surface area contributed by atoms with Crippen molar-refractivity contribution in [2.24, 2.45) is 11.1 Å². The van der Waals surface area contributed by atoms with Crippen LogP contribution in [-0.2, 0) is 14.9 Å². The lowest BCUT2D eigenvalue weighted by Gasteiger charge is -2.21. The molecule has 72 valence electrons. The Morgan fingerprint density at radius 3 is 2.83 bits per heavy atom. The summed E-state index contributed by atoms with van der Waals surface area (Å²) in [5, 5.41) is 4.77. The minimum atomic E-state index is -3.53. The van der Waals surface area contributed by atoms with E-state index in [0.29, 0.717) is 13.2 Å². The van der Waals surface area contributed by atoms with Crippen LogP contribution < -0.4 is 9.86 Å². The number of hydrogen-bond acceptors (Lipinski definition) is 3. The third-order valence-corrected chi connectivity index (χ3v) is 2.40. The Morgan fingerprint density at radius 1 is 1.58 bits per heavy atom. The fourth-order valence-electron chi connectivity index (χ4n) is 1.20. The van der Waals surface area contributed by atoms with Crippen LogP contribution in [0, 0.1) is 5.92 Å². The van der Waals surface area contributed by atoms with Gasteiger partial charge >= 0.3 is 0 Å². The highest BCUT2D eigenvalue weighted by Gasteiger charge is 2.15. The second kappa shape index (κ2) is 4.18. The van der Waals surface area contributed by atoms with Crippen LogP contribution in [0.2, 0.25) is 0 Å². The molecule has 1 atom stereocenters. The number of rotatable bonds is 3. The molecule has 1 rings (SSSR count). The van der Waals surface area contributed by atoms with Crippen LogP contribution in [0.25, 0.3) is 0 Å². The SMILES string of the molecule is NS(=O)(=O)NCC1CCCOC1. The molecule has 0 aromatic carbocycles. The third-order valence-electron chi connectivity index (χ3n) is 1.83. The fraction of sp³-hybridized carbons (Fsp3) is 1.00. The Labute approximate surface area is 72.5 Å². The van der Waals surface area contributed by atoms with Crippen LogP contribution in [0.3, 0.4) is 0 Å². The molecule has 0 aromatic heterocycles. The maximum atomic E-state index is 10.5. The lowest BCUT2D eigenvalue weighted by Crippen LogP contribution is -2.37. The summed E-state index contributed by atoms with van der Waals surface area (Å²) >= 11 is 0. The molecule has 1 aliphatic rings. The molecule has 0 saturated carbocycles. The fourth-order valence-corrected chi connectivity index (χ4v) is 1.67. The molecule has 6 heteroatoms. The first-order valence-electron chi connectivity index (χ1n) is 3.93. The molecular formula is C6H14N2O3S. The van der Waals surface area contributed by atoms with Crippen LogP contribution in [0.15, 0.2) is 0 Å². The summed E-state index contributed by atoms with van der Waals surface area (Å²) in [4.78, 5) is 0. The van der Waals surface area contributed by atoms with Crippen molar-refractivity contribution >= 4 is 10.2 Å². The second-order valence-corrected chi connectivity index (χ2v) is 4.36. The summed E-state index contributed by atoms with van der Waals surface area (Å²) in [6.07, 6.45) is 2.00. The molecule has 1 saturated heterocycles. The summed E-state index contributed by atoms with van der Waals surface area (Å²) < 4.78 is 28.4. The highest BCUT2D eigenvalue weighted by molar-refractivity contribution is 7.87. The van der Waals surface area contributed by atoms with Gasteiger partial charge in [0.25, 0.3) is 10.2 Å². The van der Waals surface area contributed by atoms with E-state index in [0.717, 1.165) is 19.4 Å². The molecule has 0 spiro atoms. The summed E-state index contributed by atoms with van der Waals surface area (Å²) in [6, 6.07) is 0. The zero-order valence-corrected chi connectivity index (χ0v) is 7.64. The van der Waals surface area contributed by atoms with Gasteiger partial charge in [0, 0.05) is 13.2 Å². The molecule has 0 amide bonds. The number of ether oxygens (including phenoxy) is 1. The van der Waals surface area contributed by atoms with Crippen molar-refractivity contribution in [2.75, 3.05) is 19.8 Å². The van der Waals surface area contributed by atoms with Gasteiger partial charge in [-0.15, -0.1) is 0 Å². The number of nitrogens with one attached hydrogen (secondary N) is 1. The van der Waals surface area contributed by atoms with Gasteiger partial charge in [0.1, 0.15) is 0 Å². The average Bonchev–Trinajstić information content (AvgIpc) is 2.02. The molecule has 0 aliphatic carbocycles. The summed E-state index contributed by atoms with van der Waals surface area (Å²) in [5.74, 6) is 0.275. The van der Waals surface area contributed by atoms with E-state index in [1.54, 1.807) is 0 Å². The third kappa shape index (κ3) is 4.01. The Hall–Kier alpha value is -0.170. The zero-order valence-electron chi connectivity index (χ0n) is 6.82. The van der Waals surface area contributed by atoms with Crippen molar-refractivity contribution in [3.8, 4) is 0 Å². The first-order valence-corrected chi connectivity index (χ1v) is 5.48. The van der Waals surface area contributed by atoms with Crippen LogP contribution in [-0.4, -0.2) is 28.2 Å². The minimum absolute atomic E-state index is 0.275. The van der Waals surface area contributed by atoms with Gasteiger partial charge in [0.05, 0.1) is 6.61 Å². The van der Waals surface area contributed by atoms with Gasteiger partial charge in [0.15, 0.2) is 0 Å². The molecule has 1 aliphatic heterocycles. The summed E-state index contributed by atoms with van der Waals surface area (Å²) in [6.45, 7) is 1.80. The van der Waals surface area contributed by atoms with E-state index in [1.165, 1.54) is 0 Å². The van der Waals surface area contributed by atoms with Gasteiger partial charge < -0.3 is 4.74 Å². The Kier molecular flexibility index (Phi) is 3.45. The van der Waals surface area contributed by atoms with E-state index < -0.39 is 10.2 Å². The van der Waals surface area contributed by atoms with E-state index in [4.69, 9.17) is 9.88 Å². The Bertz CT molecular complexity index is 221. The van der Waals surface area contributed by atoms with Gasteiger partial charge in [-0.25, -0.2) is 9.86 Å². The monoisotopic (exact) mass is 194 g/mol. The number of hydrogen-bond donors (Lipinski definition) is 2. The lowest BCUT2D eigenvalue weighted by atomic mass is 10.0. The van der Waals surface area contributed by atoms with Gasteiger partial charge in [0.2, 0.25) is 0 Å². The van der Waals surface area contributed by atoms with Gasteiger partial charge in [-0.1, -0.05) is 0 Å². The van der Waals surface area contributed by atoms with Crippen molar-refractivity contribution in [1.82, 2.24) is 4.72 Å². The first-order chi connectivity index (χ1) is 5.58. The molecule has 0 radical (unpaired) electrons.